The summed E-state index contributed by atoms with van der Waals surface area (Å²) < 4.78 is 78.7. The van der Waals surface area contributed by atoms with Crippen LogP contribution < -0.4 is 5.32 Å². The second kappa shape index (κ2) is 11.0. The van der Waals surface area contributed by atoms with E-state index >= 15 is 0 Å². The smallest absolute Gasteiger partial charge is 0.354 e. The van der Waals surface area contributed by atoms with Crippen LogP contribution in [-0.2, 0) is 23.6 Å². The molecule has 1 aliphatic rings. The molecule has 1 N–H and O–H groups in total. The molecule has 1 fully saturated rings. The molecule has 192 valence electrons. The lowest BCUT2D eigenvalue weighted by Gasteiger charge is -2.40. The Labute approximate surface area is 200 Å². The number of piperazine rings is 1. The van der Waals surface area contributed by atoms with Crippen molar-refractivity contribution >= 4 is 5.91 Å². The van der Waals surface area contributed by atoms with Gasteiger partial charge in [0.2, 0.25) is 5.91 Å². The Balaban J connectivity index is 1.72. The maximum absolute atomic E-state index is 13.2. The molecular weight excluding hydrogens is 472 g/mol. The van der Waals surface area contributed by atoms with Crippen LogP contribution in [0.15, 0.2) is 48.5 Å². The molecule has 10 heteroatoms. The standard InChI is InChI=1S/C25H29F6N3O/c1-17(2)33-10-12-34(13-11-33)22(19-6-4-3-5-7-19)23(35)32-9-8-18-14-20(24(26,27)28)16-21(15-18)25(29,30)31/h3-7,14-17,22H,8-13H2,1-2H3,(H,32,35). The predicted octanol–water partition coefficient (Wildman–Crippen LogP) is 5.15. The third-order valence-corrected chi connectivity index (χ3v) is 6.17. The minimum Gasteiger partial charge on any atom is -0.354 e. The van der Waals surface area contributed by atoms with Gasteiger partial charge in [-0.05, 0) is 49.6 Å². The number of benzene rings is 2. The van der Waals surface area contributed by atoms with Gasteiger partial charge in [0, 0.05) is 38.8 Å². The lowest BCUT2D eigenvalue weighted by Crippen LogP contribution is -2.52. The molecule has 0 radical (unpaired) electrons. The van der Waals surface area contributed by atoms with Gasteiger partial charge in [-0.3, -0.25) is 14.6 Å². The fraction of sp³-hybridized carbons (Fsp3) is 0.480. The van der Waals surface area contributed by atoms with Crippen LogP contribution in [0.5, 0.6) is 0 Å². The molecule has 1 heterocycles. The van der Waals surface area contributed by atoms with Crippen LogP contribution in [0.1, 0.15) is 42.1 Å². The summed E-state index contributed by atoms with van der Waals surface area (Å²) in [7, 11) is 0. The summed E-state index contributed by atoms with van der Waals surface area (Å²) in [6, 6.07) is 10.4. The number of halogens is 6. The Bertz CT molecular complexity index is 951. The van der Waals surface area contributed by atoms with Gasteiger partial charge < -0.3 is 5.32 Å². The molecule has 3 rings (SSSR count). The van der Waals surface area contributed by atoms with Gasteiger partial charge in [-0.15, -0.1) is 0 Å². The average molecular weight is 502 g/mol. The highest BCUT2D eigenvalue weighted by atomic mass is 19.4. The molecule has 1 amide bonds. The van der Waals surface area contributed by atoms with Gasteiger partial charge >= 0.3 is 12.4 Å². The summed E-state index contributed by atoms with van der Waals surface area (Å²) in [5, 5.41) is 2.72. The van der Waals surface area contributed by atoms with Crippen LogP contribution in [0.2, 0.25) is 0 Å². The zero-order chi connectivity index (χ0) is 25.8. The summed E-state index contributed by atoms with van der Waals surface area (Å²) >= 11 is 0. The number of nitrogens with zero attached hydrogens (tertiary/aromatic N) is 2. The molecule has 2 aromatic rings. The van der Waals surface area contributed by atoms with E-state index in [1.54, 1.807) is 0 Å². The number of hydrogen-bond acceptors (Lipinski definition) is 3. The monoisotopic (exact) mass is 501 g/mol. The second-order valence-corrected chi connectivity index (χ2v) is 8.93. The first-order valence-corrected chi connectivity index (χ1v) is 11.5. The molecular formula is C25H29F6N3O. The van der Waals surface area contributed by atoms with Crippen LogP contribution >= 0.6 is 0 Å². The highest BCUT2D eigenvalue weighted by molar-refractivity contribution is 5.83. The fourth-order valence-electron chi connectivity index (χ4n) is 4.27. The highest BCUT2D eigenvalue weighted by Crippen LogP contribution is 2.36. The molecule has 0 aliphatic carbocycles. The van der Waals surface area contributed by atoms with Crippen molar-refractivity contribution in [3.63, 3.8) is 0 Å². The molecule has 35 heavy (non-hydrogen) atoms. The fourth-order valence-corrected chi connectivity index (χ4v) is 4.27. The maximum Gasteiger partial charge on any atom is 0.416 e. The van der Waals surface area contributed by atoms with E-state index in [2.05, 4.69) is 29.0 Å². The van der Waals surface area contributed by atoms with Crippen molar-refractivity contribution in [1.29, 1.82) is 0 Å². The van der Waals surface area contributed by atoms with Gasteiger partial charge in [0.25, 0.3) is 0 Å². The number of carbonyl (C=O) groups excluding carboxylic acids is 1. The van der Waals surface area contributed by atoms with Crippen molar-refractivity contribution in [3.05, 3.63) is 70.8 Å². The number of carbonyl (C=O) groups is 1. The minimum absolute atomic E-state index is 0.0905. The van der Waals surface area contributed by atoms with Crippen molar-refractivity contribution in [2.24, 2.45) is 0 Å². The van der Waals surface area contributed by atoms with Gasteiger partial charge in [0.15, 0.2) is 0 Å². The van der Waals surface area contributed by atoms with Crippen LogP contribution in [0.4, 0.5) is 26.3 Å². The quantitative estimate of drug-likeness (QED) is 0.533. The lowest BCUT2D eigenvalue weighted by molar-refractivity contribution is -0.143. The number of amides is 1. The van der Waals surface area contributed by atoms with E-state index in [4.69, 9.17) is 0 Å². The Morgan fingerprint density at radius 2 is 1.37 bits per heavy atom. The van der Waals surface area contributed by atoms with Crippen LogP contribution in [0.3, 0.4) is 0 Å². The number of nitrogens with one attached hydrogen (secondary N) is 1. The van der Waals surface area contributed by atoms with Crippen LogP contribution in [0, 0.1) is 0 Å². The summed E-state index contributed by atoms with van der Waals surface area (Å²) in [6.45, 7) is 7.02. The zero-order valence-corrected chi connectivity index (χ0v) is 19.6. The lowest BCUT2D eigenvalue weighted by atomic mass is 10.0. The largest absolute Gasteiger partial charge is 0.416 e. The number of alkyl halides is 6. The first-order chi connectivity index (χ1) is 16.4. The van der Waals surface area contributed by atoms with Gasteiger partial charge in [0.05, 0.1) is 11.1 Å². The molecule has 0 aromatic heterocycles. The van der Waals surface area contributed by atoms with Crippen LogP contribution in [-0.4, -0.2) is 54.5 Å². The molecule has 0 saturated carbocycles. The first-order valence-electron chi connectivity index (χ1n) is 11.5. The SMILES string of the molecule is CC(C)N1CCN(C(C(=O)NCCc2cc(C(F)(F)F)cc(C(F)(F)F)c2)c2ccccc2)CC1. The van der Waals surface area contributed by atoms with Crippen molar-refractivity contribution in [2.45, 2.75) is 44.7 Å². The van der Waals surface area contributed by atoms with Gasteiger partial charge in [0.1, 0.15) is 6.04 Å². The Morgan fingerprint density at radius 1 is 0.857 bits per heavy atom. The minimum atomic E-state index is -4.91. The molecule has 1 unspecified atom stereocenters. The van der Waals surface area contributed by atoms with Gasteiger partial charge in [-0.1, -0.05) is 30.3 Å². The van der Waals surface area contributed by atoms with Gasteiger partial charge in [-0.25, -0.2) is 0 Å². The van der Waals surface area contributed by atoms with E-state index in [-0.39, 0.29) is 30.5 Å². The Hall–Kier alpha value is -2.59. The number of rotatable bonds is 7. The predicted molar refractivity (Wildman–Crippen MR) is 121 cm³/mol. The molecule has 4 nitrogen and oxygen atoms in total. The van der Waals surface area contributed by atoms with E-state index in [0.29, 0.717) is 31.3 Å². The van der Waals surface area contributed by atoms with E-state index in [1.807, 2.05) is 30.3 Å². The third-order valence-electron chi connectivity index (χ3n) is 6.17. The average Bonchev–Trinajstić information content (AvgIpc) is 2.79. The van der Waals surface area contributed by atoms with Crippen LogP contribution in [0.25, 0.3) is 0 Å². The summed E-state index contributed by atoms with van der Waals surface area (Å²) in [6.07, 6.45) is -9.98. The third kappa shape index (κ3) is 7.20. The van der Waals surface area contributed by atoms with Crippen molar-refractivity contribution in [1.82, 2.24) is 15.1 Å². The van der Waals surface area contributed by atoms with E-state index < -0.39 is 29.5 Å². The Kier molecular flexibility index (Phi) is 8.48. The Morgan fingerprint density at radius 3 is 1.86 bits per heavy atom. The van der Waals surface area contributed by atoms with Crippen molar-refractivity contribution in [2.75, 3.05) is 32.7 Å². The molecule has 2 aromatic carbocycles. The normalized spacial score (nSPS) is 16.9. The topological polar surface area (TPSA) is 35.6 Å². The maximum atomic E-state index is 13.2. The summed E-state index contributed by atoms with van der Waals surface area (Å²) in [5.74, 6) is -0.336. The van der Waals surface area contributed by atoms with Crippen molar-refractivity contribution in [3.8, 4) is 0 Å². The highest BCUT2D eigenvalue weighted by Gasteiger charge is 2.37. The zero-order valence-electron chi connectivity index (χ0n) is 19.6. The first kappa shape index (κ1) is 27.0. The number of hydrogen-bond donors (Lipinski definition) is 1. The van der Waals surface area contributed by atoms with E-state index in [9.17, 15) is 31.1 Å². The molecule has 1 saturated heterocycles. The molecule has 0 bridgehead atoms. The molecule has 1 atom stereocenters. The van der Waals surface area contributed by atoms with E-state index in [0.717, 1.165) is 18.7 Å². The van der Waals surface area contributed by atoms with E-state index in [1.165, 1.54) is 0 Å². The molecule has 0 spiro atoms. The second-order valence-electron chi connectivity index (χ2n) is 8.93. The molecule has 1 aliphatic heterocycles. The summed E-state index contributed by atoms with van der Waals surface area (Å²) in [4.78, 5) is 17.5. The summed E-state index contributed by atoms with van der Waals surface area (Å²) in [5.41, 5.74) is -2.09. The van der Waals surface area contributed by atoms with Crippen molar-refractivity contribution < 1.29 is 31.1 Å². The van der Waals surface area contributed by atoms with Gasteiger partial charge in [-0.2, -0.15) is 26.3 Å².